The van der Waals surface area contributed by atoms with E-state index in [-0.39, 0.29) is 12.1 Å². The van der Waals surface area contributed by atoms with Crippen LogP contribution in [0.5, 0.6) is 0 Å². The second kappa shape index (κ2) is 4.01. The number of imidazole rings is 1. The van der Waals surface area contributed by atoms with Crippen LogP contribution in [0.3, 0.4) is 0 Å². The molecule has 0 bridgehead atoms. The van der Waals surface area contributed by atoms with Crippen molar-refractivity contribution < 1.29 is 9.53 Å². The second-order valence-electron chi connectivity index (χ2n) is 4.59. The number of aromatic nitrogens is 2. The standard InChI is InChI=1S/C13H15N3O2/c1-8-3-4-9-11(16(8)13(17)18-2)6-5-10-12(9)15-7-14-10/h5-8H,3-4H2,1-2H3,(H,14,15). The predicted molar refractivity (Wildman–Crippen MR) is 68.8 cm³/mol. The van der Waals surface area contributed by atoms with E-state index in [1.807, 2.05) is 19.1 Å². The van der Waals surface area contributed by atoms with Crippen LogP contribution in [0.2, 0.25) is 0 Å². The van der Waals surface area contributed by atoms with Gasteiger partial charge in [0.15, 0.2) is 0 Å². The van der Waals surface area contributed by atoms with Gasteiger partial charge >= 0.3 is 6.09 Å². The molecule has 94 valence electrons. The first kappa shape index (κ1) is 11.1. The van der Waals surface area contributed by atoms with E-state index >= 15 is 0 Å². The largest absolute Gasteiger partial charge is 0.452 e. The summed E-state index contributed by atoms with van der Waals surface area (Å²) in [6, 6.07) is 4.07. The van der Waals surface area contributed by atoms with E-state index < -0.39 is 0 Å². The number of amides is 1. The van der Waals surface area contributed by atoms with Crippen LogP contribution in [0, 0.1) is 0 Å². The monoisotopic (exact) mass is 245 g/mol. The SMILES string of the molecule is COC(=O)N1c2ccc3[nH]cnc3c2CCC1C. The average molecular weight is 245 g/mol. The zero-order chi connectivity index (χ0) is 12.7. The molecule has 1 N–H and O–H groups in total. The number of methoxy groups -OCH3 is 1. The number of aromatic amines is 1. The van der Waals surface area contributed by atoms with E-state index in [4.69, 9.17) is 4.74 Å². The Morgan fingerprint density at radius 1 is 1.56 bits per heavy atom. The second-order valence-corrected chi connectivity index (χ2v) is 4.59. The van der Waals surface area contributed by atoms with Crippen LogP contribution in [0.4, 0.5) is 10.5 Å². The van der Waals surface area contributed by atoms with E-state index in [2.05, 4.69) is 9.97 Å². The Morgan fingerprint density at radius 2 is 2.39 bits per heavy atom. The summed E-state index contributed by atoms with van der Waals surface area (Å²) in [5, 5.41) is 0. The van der Waals surface area contributed by atoms with Crippen LogP contribution >= 0.6 is 0 Å². The molecule has 0 fully saturated rings. The molecule has 1 aromatic heterocycles. The van der Waals surface area contributed by atoms with Crippen LogP contribution in [0.1, 0.15) is 18.9 Å². The molecule has 1 aromatic carbocycles. The molecular weight excluding hydrogens is 230 g/mol. The van der Waals surface area contributed by atoms with Crippen LogP contribution in [0.25, 0.3) is 11.0 Å². The fourth-order valence-electron chi connectivity index (χ4n) is 2.62. The highest BCUT2D eigenvalue weighted by Crippen LogP contribution is 2.35. The first-order valence-corrected chi connectivity index (χ1v) is 6.04. The predicted octanol–water partition coefficient (Wildman–Crippen LogP) is 2.47. The van der Waals surface area contributed by atoms with Crippen molar-refractivity contribution in [3.8, 4) is 0 Å². The van der Waals surface area contributed by atoms with E-state index in [1.165, 1.54) is 7.11 Å². The number of hydrogen-bond acceptors (Lipinski definition) is 3. The summed E-state index contributed by atoms with van der Waals surface area (Å²) in [6.45, 7) is 2.04. The van der Waals surface area contributed by atoms with E-state index in [0.717, 1.165) is 35.1 Å². The number of anilines is 1. The fourth-order valence-corrected chi connectivity index (χ4v) is 2.62. The molecule has 1 aliphatic rings. The molecule has 3 rings (SSSR count). The molecule has 0 spiro atoms. The number of ether oxygens (including phenoxy) is 1. The van der Waals surface area contributed by atoms with Gasteiger partial charge in [0, 0.05) is 11.6 Å². The molecule has 1 atom stereocenters. The third-order valence-electron chi connectivity index (χ3n) is 3.56. The molecule has 1 aliphatic heterocycles. The maximum Gasteiger partial charge on any atom is 0.414 e. The number of benzene rings is 1. The number of fused-ring (bicyclic) bond motifs is 3. The molecule has 18 heavy (non-hydrogen) atoms. The molecule has 5 nitrogen and oxygen atoms in total. The van der Waals surface area contributed by atoms with E-state index in [1.54, 1.807) is 11.2 Å². The smallest absolute Gasteiger partial charge is 0.414 e. The van der Waals surface area contributed by atoms with Gasteiger partial charge in [-0.2, -0.15) is 0 Å². The highest BCUT2D eigenvalue weighted by Gasteiger charge is 2.30. The first-order chi connectivity index (χ1) is 8.72. The van der Waals surface area contributed by atoms with Crippen LogP contribution in [0.15, 0.2) is 18.5 Å². The summed E-state index contributed by atoms with van der Waals surface area (Å²) in [5.74, 6) is 0. The molecule has 0 aliphatic carbocycles. The number of hydrogen-bond donors (Lipinski definition) is 1. The van der Waals surface area contributed by atoms with Crippen molar-refractivity contribution in [2.75, 3.05) is 12.0 Å². The van der Waals surface area contributed by atoms with Crippen molar-refractivity contribution in [2.24, 2.45) is 0 Å². The third kappa shape index (κ3) is 1.47. The lowest BCUT2D eigenvalue weighted by atomic mass is 9.96. The molecule has 1 amide bonds. The highest BCUT2D eigenvalue weighted by atomic mass is 16.5. The van der Waals surface area contributed by atoms with Gasteiger partial charge in [-0.3, -0.25) is 4.90 Å². The summed E-state index contributed by atoms with van der Waals surface area (Å²) >= 11 is 0. The Bertz CT molecular complexity index is 605. The fraction of sp³-hybridized carbons (Fsp3) is 0.385. The molecular formula is C13H15N3O2. The number of nitrogens with one attached hydrogen (secondary N) is 1. The summed E-state index contributed by atoms with van der Waals surface area (Å²) in [5.41, 5.74) is 4.00. The molecule has 1 unspecified atom stereocenters. The van der Waals surface area contributed by atoms with Gasteiger partial charge in [-0.1, -0.05) is 0 Å². The van der Waals surface area contributed by atoms with Gasteiger partial charge < -0.3 is 9.72 Å². The maximum absolute atomic E-state index is 11.9. The summed E-state index contributed by atoms with van der Waals surface area (Å²) in [4.78, 5) is 21.0. The number of carbonyl (C=O) groups excluding carboxylic acids is 1. The number of aryl methyl sites for hydroxylation is 1. The molecule has 2 heterocycles. The number of carbonyl (C=O) groups is 1. The van der Waals surface area contributed by atoms with Gasteiger partial charge in [0.2, 0.25) is 0 Å². The van der Waals surface area contributed by atoms with Crippen molar-refractivity contribution in [3.05, 3.63) is 24.0 Å². The Morgan fingerprint density at radius 3 is 3.17 bits per heavy atom. The van der Waals surface area contributed by atoms with Gasteiger partial charge in [0.05, 0.1) is 30.2 Å². The van der Waals surface area contributed by atoms with E-state index in [0.29, 0.717) is 0 Å². The molecule has 5 heteroatoms. The molecule has 2 aromatic rings. The van der Waals surface area contributed by atoms with Crippen molar-refractivity contribution in [2.45, 2.75) is 25.8 Å². The van der Waals surface area contributed by atoms with Crippen molar-refractivity contribution in [1.82, 2.24) is 9.97 Å². The number of nitrogens with zero attached hydrogens (tertiary/aromatic N) is 2. The topological polar surface area (TPSA) is 58.2 Å². The summed E-state index contributed by atoms with van der Waals surface area (Å²) in [6.07, 6.45) is 3.24. The lowest BCUT2D eigenvalue weighted by molar-refractivity contribution is 0.175. The van der Waals surface area contributed by atoms with Crippen molar-refractivity contribution in [1.29, 1.82) is 0 Å². The Kier molecular flexibility index (Phi) is 2.47. The minimum Gasteiger partial charge on any atom is -0.452 e. The Labute approximate surface area is 105 Å². The van der Waals surface area contributed by atoms with Gasteiger partial charge in [0.25, 0.3) is 0 Å². The van der Waals surface area contributed by atoms with E-state index in [9.17, 15) is 4.79 Å². The molecule has 0 saturated heterocycles. The quantitative estimate of drug-likeness (QED) is 0.775. The zero-order valence-electron chi connectivity index (χ0n) is 10.4. The van der Waals surface area contributed by atoms with Gasteiger partial charge in [-0.25, -0.2) is 9.78 Å². The minimum atomic E-state index is -0.307. The van der Waals surface area contributed by atoms with Crippen molar-refractivity contribution >= 4 is 22.8 Å². The summed E-state index contributed by atoms with van der Waals surface area (Å²) in [7, 11) is 1.41. The van der Waals surface area contributed by atoms with Gasteiger partial charge in [-0.15, -0.1) is 0 Å². The Hall–Kier alpha value is -2.04. The molecule has 0 radical (unpaired) electrons. The average Bonchev–Trinajstić information content (AvgIpc) is 2.86. The van der Waals surface area contributed by atoms with Gasteiger partial charge in [-0.05, 0) is 31.9 Å². The number of H-pyrrole nitrogens is 1. The van der Waals surface area contributed by atoms with Crippen LogP contribution in [-0.4, -0.2) is 29.2 Å². The van der Waals surface area contributed by atoms with Crippen molar-refractivity contribution in [3.63, 3.8) is 0 Å². The Balaban J connectivity index is 2.19. The van der Waals surface area contributed by atoms with Crippen LogP contribution < -0.4 is 4.90 Å². The molecule has 0 saturated carbocycles. The third-order valence-corrected chi connectivity index (χ3v) is 3.56. The van der Waals surface area contributed by atoms with Crippen LogP contribution in [-0.2, 0) is 11.2 Å². The van der Waals surface area contributed by atoms with Gasteiger partial charge in [0.1, 0.15) is 0 Å². The number of rotatable bonds is 0. The first-order valence-electron chi connectivity index (χ1n) is 6.04. The summed E-state index contributed by atoms with van der Waals surface area (Å²) < 4.78 is 4.87. The minimum absolute atomic E-state index is 0.154. The normalized spacial score (nSPS) is 18.8. The lowest BCUT2D eigenvalue weighted by Crippen LogP contribution is -2.42. The zero-order valence-corrected chi connectivity index (χ0v) is 10.4. The highest BCUT2D eigenvalue weighted by molar-refractivity contribution is 5.94. The lowest BCUT2D eigenvalue weighted by Gasteiger charge is -2.34. The maximum atomic E-state index is 11.9.